The van der Waals surface area contributed by atoms with Gasteiger partial charge in [-0.1, -0.05) is 24.3 Å². The van der Waals surface area contributed by atoms with Gasteiger partial charge in [-0.25, -0.2) is 0 Å². The average Bonchev–Trinajstić information content (AvgIpc) is 2.74. The zero-order valence-electron chi connectivity index (χ0n) is 16.7. The second-order valence-corrected chi connectivity index (χ2v) is 6.99. The highest BCUT2D eigenvalue weighted by molar-refractivity contribution is 5.78. The van der Waals surface area contributed by atoms with Crippen LogP contribution in [0.3, 0.4) is 0 Å². The molecule has 0 aromatic heterocycles. The van der Waals surface area contributed by atoms with Crippen LogP contribution in [0.4, 0.5) is 0 Å². The van der Waals surface area contributed by atoms with Crippen molar-refractivity contribution in [3.05, 3.63) is 59.7 Å². The van der Waals surface area contributed by atoms with Crippen LogP contribution in [0, 0.1) is 0 Å². The quantitative estimate of drug-likeness (QED) is 0.758. The molecule has 1 heterocycles. The first-order chi connectivity index (χ1) is 13.6. The van der Waals surface area contributed by atoms with E-state index in [-0.39, 0.29) is 24.7 Å². The number of nitrogens with one attached hydrogen (secondary N) is 1. The van der Waals surface area contributed by atoms with E-state index < -0.39 is 0 Å². The van der Waals surface area contributed by atoms with Crippen LogP contribution in [0.5, 0.6) is 11.5 Å². The number of morpholine rings is 1. The van der Waals surface area contributed by atoms with Gasteiger partial charge < -0.3 is 24.4 Å². The third kappa shape index (κ3) is 5.24. The molecule has 3 rings (SSSR count). The third-order valence-electron chi connectivity index (χ3n) is 5.05. The minimum absolute atomic E-state index is 0.0226. The number of amides is 1. The molecule has 1 aliphatic heterocycles. The zero-order valence-corrected chi connectivity index (χ0v) is 16.7. The molecule has 2 atom stereocenters. The molecule has 0 aliphatic carbocycles. The average molecular weight is 384 g/mol. The normalized spacial score (nSPS) is 18.0. The monoisotopic (exact) mass is 384 g/mol. The molecule has 2 aromatic rings. The molecule has 1 aliphatic rings. The summed E-state index contributed by atoms with van der Waals surface area (Å²) in [5.74, 6) is 1.68. The number of benzene rings is 2. The van der Waals surface area contributed by atoms with E-state index in [1.807, 2.05) is 53.4 Å². The topological polar surface area (TPSA) is 60.0 Å². The van der Waals surface area contributed by atoms with Crippen LogP contribution in [-0.2, 0) is 22.6 Å². The fraction of sp³-hybridized carbons (Fsp3) is 0.409. The number of methoxy groups -OCH3 is 2. The molecule has 0 saturated carbocycles. The predicted octanol–water partition coefficient (Wildman–Crippen LogP) is 2.61. The molecule has 6 heteroatoms. The Hall–Kier alpha value is -2.57. The van der Waals surface area contributed by atoms with Gasteiger partial charge in [-0.15, -0.1) is 0 Å². The summed E-state index contributed by atoms with van der Waals surface area (Å²) in [5, 5.41) is 3.50. The number of rotatable bonds is 8. The maximum Gasteiger partial charge on any atom is 0.248 e. The minimum Gasteiger partial charge on any atom is -0.497 e. The van der Waals surface area contributed by atoms with Gasteiger partial charge in [0, 0.05) is 25.7 Å². The summed E-state index contributed by atoms with van der Waals surface area (Å²) in [6.45, 7) is 4.10. The number of nitrogens with zero attached hydrogens (tertiary/aromatic N) is 1. The van der Waals surface area contributed by atoms with Gasteiger partial charge in [-0.05, 0) is 42.3 Å². The van der Waals surface area contributed by atoms with Gasteiger partial charge in [0.2, 0.25) is 5.91 Å². The summed E-state index contributed by atoms with van der Waals surface area (Å²) in [5.41, 5.74) is 2.25. The molecule has 6 nitrogen and oxygen atoms in total. The molecular weight excluding hydrogens is 356 g/mol. The van der Waals surface area contributed by atoms with Crippen LogP contribution in [0.1, 0.15) is 18.1 Å². The molecule has 1 amide bonds. The highest BCUT2D eigenvalue weighted by Gasteiger charge is 2.29. The smallest absolute Gasteiger partial charge is 0.248 e. The summed E-state index contributed by atoms with van der Waals surface area (Å²) in [4.78, 5) is 14.1. The molecule has 0 radical (unpaired) electrons. The Bertz CT molecular complexity index is 761. The Kier molecular flexibility index (Phi) is 6.90. The van der Waals surface area contributed by atoms with Crippen LogP contribution in [0.15, 0.2) is 48.5 Å². The lowest BCUT2D eigenvalue weighted by Gasteiger charge is -2.36. The Balaban J connectivity index is 1.53. The van der Waals surface area contributed by atoms with Crippen LogP contribution in [0.25, 0.3) is 0 Å². The fourth-order valence-corrected chi connectivity index (χ4v) is 3.20. The number of hydrogen-bond acceptors (Lipinski definition) is 5. The lowest BCUT2D eigenvalue weighted by Crippen LogP contribution is -2.53. The van der Waals surface area contributed by atoms with Crippen molar-refractivity contribution in [2.75, 3.05) is 27.4 Å². The minimum atomic E-state index is -0.0470. The van der Waals surface area contributed by atoms with Crippen LogP contribution < -0.4 is 14.8 Å². The first kappa shape index (κ1) is 20.2. The highest BCUT2D eigenvalue weighted by atomic mass is 16.5. The molecule has 150 valence electrons. The predicted molar refractivity (Wildman–Crippen MR) is 107 cm³/mol. The molecule has 1 saturated heterocycles. The molecule has 0 bridgehead atoms. The highest BCUT2D eigenvalue weighted by Crippen LogP contribution is 2.17. The molecule has 0 spiro atoms. The van der Waals surface area contributed by atoms with Crippen molar-refractivity contribution in [3.63, 3.8) is 0 Å². The Morgan fingerprint density at radius 1 is 1.04 bits per heavy atom. The second kappa shape index (κ2) is 9.57. The molecule has 28 heavy (non-hydrogen) atoms. The summed E-state index contributed by atoms with van der Waals surface area (Å²) >= 11 is 0. The van der Waals surface area contributed by atoms with E-state index >= 15 is 0 Å². The first-order valence-electron chi connectivity index (χ1n) is 9.47. The molecule has 1 fully saturated rings. The van der Waals surface area contributed by atoms with E-state index in [2.05, 4.69) is 12.2 Å². The lowest BCUT2D eigenvalue weighted by molar-refractivity contribution is -0.151. The molecule has 1 N–H and O–H groups in total. The number of carbonyl (C=O) groups is 1. The third-order valence-corrected chi connectivity index (χ3v) is 5.05. The van der Waals surface area contributed by atoms with Crippen molar-refractivity contribution in [2.45, 2.75) is 32.2 Å². The van der Waals surface area contributed by atoms with E-state index in [0.717, 1.165) is 23.6 Å². The van der Waals surface area contributed by atoms with Crippen molar-refractivity contribution in [1.29, 1.82) is 0 Å². The van der Waals surface area contributed by atoms with Crippen molar-refractivity contribution in [2.24, 2.45) is 0 Å². The fourth-order valence-electron chi connectivity index (χ4n) is 3.20. The molecule has 2 aromatic carbocycles. The van der Waals surface area contributed by atoms with Gasteiger partial charge in [0.25, 0.3) is 0 Å². The van der Waals surface area contributed by atoms with E-state index in [9.17, 15) is 4.79 Å². The summed E-state index contributed by atoms with van der Waals surface area (Å²) < 4.78 is 16.2. The molecular formula is C22H28N2O4. The van der Waals surface area contributed by atoms with Crippen LogP contribution in [0.2, 0.25) is 0 Å². The van der Waals surface area contributed by atoms with Gasteiger partial charge in [-0.3, -0.25) is 4.79 Å². The van der Waals surface area contributed by atoms with Gasteiger partial charge >= 0.3 is 0 Å². The van der Waals surface area contributed by atoms with Gasteiger partial charge in [0.05, 0.1) is 20.3 Å². The van der Waals surface area contributed by atoms with Gasteiger partial charge in [-0.2, -0.15) is 0 Å². The number of ether oxygens (including phenoxy) is 3. The Morgan fingerprint density at radius 3 is 2.18 bits per heavy atom. The van der Waals surface area contributed by atoms with Crippen molar-refractivity contribution >= 4 is 5.91 Å². The van der Waals surface area contributed by atoms with Gasteiger partial charge in [0.15, 0.2) is 0 Å². The second-order valence-electron chi connectivity index (χ2n) is 6.99. The Labute approximate surface area is 166 Å². The maximum atomic E-state index is 12.3. The van der Waals surface area contributed by atoms with E-state index in [1.165, 1.54) is 5.56 Å². The van der Waals surface area contributed by atoms with Crippen molar-refractivity contribution in [1.82, 2.24) is 10.2 Å². The van der Waals surface area contributed by atoms with E-state index in [0.29, 0.717) is 13.1 Å². The largest absolute Gasteiger partial charge is 0.497 e. The number of hydrogen-bond donors (Lipinski definition) is 1. The molecule has 0 unspecified atom stereocenters. The summed E-state index contributed by atoms with van der Waals surface area (Å²) in [7, 11) is 3.31. The van der Waals surface area contributed by atoms with Crippen LogP contribution >= 0.6 is 0 Å². The standard InChI is InChI=1S/C22H28N2O4/c1-16(23-12-17-4-8-19(26-2)9-5-17)21-14-24(22(25)15-28-21)13-18-6-10-20(27-3)11-7-18/h4-11,16,21,23H,12-15H2,1-3H3/t16-,21-/m1/s1. The van der Waals surface area contributed by atoms with E-state index in [1.54, 1.807) is 14.2 Å². The Morgan fingerprint density at radius 2 is 1.61 bits per heavy atom. The van der Waals surface area contributed by atoms with E-state index in [4.69, 9.17) is 14.2 Å². The van der Waals surface area contributed by atoms with Crippen LogP contribution in [-0.4, -0.2) is 50.3 Å². The van der Waals surface area contributed by atoms with Crippen molar-refractivity contribution < 1.29 is 19.0 Å². The van der Waals surface area contributed by atoms with Crippen molar-refractivity contribution in [3.8, 4) is 11.5 Å². The SMILES string of the molecule is COc1ccc(CN[C@H](C)[C@H]2CN(Cc3ccc(OC)cc3)C(=O)CO2)cc1. The van der Waals surface area contributed by atoms with Gasteiger partial charge in [0.1, 0.15) is 18.1 Å². The summed E-state index contributed by atoms with van der Waals surface area (Å²) in [6, 6.07) is 15.9. The lowest BCUT2D eigenvalue weighted by atomic mass is 10.1. The number of carbonyl (C=O) groups excluding carboxylic acids is 1. The maximum absolute atomic E-state index is 12.3. The zero-order chi connectivity index (χ0) is 19.9. The summed E-state index contributed by atoms with van der Waals surface area (Å²) in [6.07, 6.45) is -0.0470. The first-order valence-corrected chi connectivity index (χ1v) is 9.47.